The average Bonchev–Trinajstić information content (AvgIpc) is 1.16. The maximum absolute atomic E-state index is 9.93. The van der Waals surface area contributed by atoms with Crippen molar-refractivity contribution in [2.75, 3.05) is 4.90 Å². The van der Waals surface area contributed by atoms with Crippen LogP contribution in [0.25, 0.3) is 82.1 Å². The molecule has 0 saturated carbocycles. The fourth-order valence-electron chi connectivity index (χ4n) is 11.2. The summed E-state index contributed by atoms with van der Waals surface area (Å²) in [6, 6.07) is 57.4. The zero-order chi connectivity index (χ0) is 61.4. The zero-order valence-electron chi connectivity index (χ0n) is 54.8. The van der Waals surface area contributed by atoms with E-state index in [-0.39, 0.29) is 17.6 Å². The van der Waals surface area contributed by atoms with Crippen molar-refractivity contribution in [2.45, 2.75) is 105 Å². The molecule has 1 aliphatic heterocycles. The molecule has 4 heterocycles. The van der Waals surface area contributed by atoms with E-state index in [9.17, 15) is 2.74 Å². The number of fused-ring (bicyclic) bond motifs is 10. The van der Waals surface area contributed by atoms with Crippen molar-refractivity contribution in [3.63, 3.8) is 0 Å². The third kappa shape index (κ3) is 8.47. The van der Waals surface area contributed by atoms with Gasteiger partial charge in [-0.2, -0.15) is 0 Å². The molecule has 0 bridgehead atoms. The topological polar surface area (TPSA) is 35.2 Å². The van der Waals surface area contributed by atoms with Crippen LogP contribution in [0.5, 0.6) is 11.5 Å². The van der Waals surface area contributed by atoms with Crippen LogP contribution in [0, 0.1) is 5.92 Å². The molecule has 3 aromatic heterocycles. The fourth-order valence-corrected chi connectivity index (χ4v) is 11.2. The normalized spacial score (nSPS) is 16.0. The molecule has 0 N–H and O–H groups in total. The van der Waals surface area contributed by atoms with E-state index in [1.54, 1.807) is 0 Å². The number of aromatic nitrogens is 3. The van der Waals surface area contributed by atoms with Crippen molar-refractivity contribution < 1.29 is 19.8 Å². The molecular weight excluding hydrogens is 913 g/mol. The van der Waals surface area contributed by atoms with Gasteiger partial charge in [-0.25, -0.2) is 4.98 Å². The minimum absolute atomic E-state index is 0.101. The number of nitrogens with zero attached hydrogens (tertiary/aromatic N) is 4. The molecule has 374 valence electrons. The van der Waals surface area contributed by atoms with Crippen LogP contribution >= 0.6 is 0 Å². The van der Waals surface area contributed by atoms with Gasteiger partial charge in [0, 0.05) is 66.2 Å². The summed E-state index contributed by atoms with van der Waals surface area (Å²) in [6.45, 7) is 5.77. The zero-order valence-corrected chi connectivity index (χ0v) is 43.8. The van der Waals surface area contributed by atoms with Crippen LogP contribution in [0.1, 0.15) is 113 Å². The van der Waals surface area contributed by atoms with Crippen LogP contribution in [-0.4, -0.2) is 14.1 Å². The lowest BCUT2D eigenvalue weighted by Crippen LogP contribution is -2.17. The molecule has 0 aliphatic carbocycles. The van der Waals surface area contributed by atoms with Gasteiger partial charge in [0.05, 0.1) is 27.8 Å². The molecule has 0 unspecified atom stereocenters. The summed E-state index contributed by atoms with van der Waals surface area (Å²) in [6.07, 6.45) is 0.0171. The second-order valence-electron chi connectivity index (χ2n) is 22.5. The van der Waals surface area contributed by atoms with Crippen molar-refractivity contribution in [2.24, 2.45) is 5.92 Å². The molecule has 11 aromatic rings. The number of pyridine rings is 1. The third-order valence-corrected chi connectivity index (χ3v) is 14.8. The Morgan fingerprint density at radius 2 is 1.17 bits per heavy atom. The Morgan fingerprint density at radius 1 is 0.547 bits per heavy atom. The number of hydrogen-bond donors (Lipinski definition) is 0. The summed E-state index contributed by atoms with van der Waals surface area (Å²) in [5, 5.41) is 7.06. The Balaban J connectivity index is 1.14. The SMILES string of the molecule is [2H]C([2H])(c1ccc2c3c1c1ccccc1c1ccccc1c1cccc(-c4cc(C(C)(C)C)cc(C(C([2H])([2H])[2H])(C([2H])([2H])[2H])C([2H])([2H])[2H])c4)c1n3CN2c1cccc(Oc2ccc3c4ccccc4n(-c4cc(C(C)(C)C)ccn4)c3c2)c1)C(C)C. The van der Waals surface area contributed by atoms with Crippen LogP contribution in [0.3, 0.4) is 0 Å². The second kappa shape index (κ2) is 17.9. The molecule has 0 amide bonds. The van der Waals surface area contributed by atoms with Gasteiger partial charge >= 0.3 is 0 Å². The van der Waals surface area contributed by atoms with Crippen molar-refractivity contribution in [3.05, 3.63) is 204 Å². The number of para-hydroxylation sites is 2. The van der Waals surface area contributed by atoms with E-state index in [0.29, 0.717) is 50.2 Å². The van der Waals surface area contributed by atoms with Gasteiger partial charge in [0.15, 0.2) is 0 Å². The molecule has 5 heteroatoms. The van der Waals surface area contributed by atoms with Crippen molar-refractivity contribution >= 4 is 76.5 Å². The molecule has 75 heavy (non-hydrogen) atoms. The van der Waals surface area contributed by atoms with Gasteiger partial charge in [-0.3, -0.25) is 4.57 Å². The predicted octanol–water partition coefficient (Wildman–Crippen LogP) is 19.4. The minimum Gasteiger partial charge on any atom is -0.457 e. The minimum atomic E-state index is -3.51. The molecule has 5 nitrogen and oxygen atoms in total. The molecular formula is C70H68N4O. The highest BCUT2D eigenvalue weighted by Gasteiger charge is 2.29. The Labute approximate surface area is 457 Å². The van der Waals surface area contributed by atoms with Crippen LogP contribution < -0.4 is 9.64 Å². The lowest BCUT2D eigenvalue weighted by atomic mass is 9.78. The number of anilines is 2. The van der Waals surface area contributed by atoms with Gasteiger partial charge in [0.2, 0.25) is 0 Å². The summed E-state index contributed by atoms with van der Waals surface area (Å²) in [5.41, 5.74) is 3.62. The molecule has 8 aromatic carbocycles. The summed E-state index contributed by atoms with van der Waals surface area (Å²) in [4.78, 5) is 7.08. The summed E-state index contributed by atoms with van der Waals surface area (Å²) < 4.78 is 111. The van der Waals surface area contributed by atoms with Crippen molar-refractivity contribution in [3.8, 4) is 28.4 Å². The Morgan fingerprint density at radius 3 is 1.89 bits per heavy atom. The van der Waals surface area contributed by atoms with Gasteiger partial charge in [0.1, 0.15) is 24.0 Å². The quantitative estimate of drug-likeness (QED) is 0.160. The lowest BCUT2D eigenvalue weighted by molar-refractivity contribution is 0.483. The number of rotatable bonds is 7. The molecule has 1 aliphatic rings. The van der Waals surface area contributed by atoms with Crippen LogP contribution in [0.2, 0.25) is 0 Å². The van der Waals surface area contributed by atoms with Gasteiger partial charge in [-0.15, -0.1) is 0 Å². The second-order valence-corrected chi connectivity index (χ2v) is 22.5. The van der Waals surface area contributed by atoms with Crippen LogP contribution in [0.15, 0.2) is 182 Å². The van der Waals surface area contributed by atoms with Crippen LogP contribution in [0.4, 0.5) is 11.4 Å². The maximum Gasteiger partial charge on any atom is 0.137 e. The summed E-state index contributed by atoms with van der Waals surface area (Å²) in [5.74, 6) is 1.53. The molecule has 0 fully saturated rings. The van der Waals surface area contributed by atoms with Crippen molar-refractivity contribution in [1.29, 1.82) is 0 Å². The van der Waals surface area contributed by atoms with E-state index in [0.717, 1.165) is 71.5 Å². The Hall–Kier alpha value is -7.89. The largest absolute Gasteiger partial charge is 0.457 e. The van der Waals surface area contributed by atoms with Gasteiger partial charge < -0.3 is 14.2 Å². The van der Waals surface area contributed by atoms with E-state index >= 15 is 0 Å². The van der Waals surface area contributed by atoms with Gasteiger partial charge in [0.25, 0.3) is 0 Å². The third-order valence-electron chi connectivity index (χ3n) is 14.8. The fraction of sp³-hybridized carbons (Fsp3) is 0.243. The van der Waals surface area contributed by atoms with E-state index in [2.05, 4.69) is 95.5 Å². The van der Waals surface area contributed by atoms with Crippen molar-refractivity contribution in [1.82, 2.24) is 14.1 Å². The molecule has 0 radical (unpaired) electrons. The first-order valence-electron chi connectivity index (χ1n) is 31.4. The van der Waals surface area contributed by atoms with E-state index in [1.807, 2.05) is 144 Å². The lowest BCUT2D eigenvalue weighted by Gasteiger charge is -2.27. The first-order valence-corrected chi connectivity index (χ1v) is 25.9. The number of ether oxygens (including phenoxy) is 1. The average molecular weight is 992 g/mol. The highest BCUT2D eigenvalue weighted by atomic mass is 16.5. The smallest absolute Gasteiger partial charge is 0.137 e. The highest BCUT2D eigenvalue weighted by Crippen LogP contribution is 2.47. The van der Waals surface area contributed by atoms with E-state index in [1.165, 1.54) is 12.1 Å². The molecule has 0 atom stereocenters. The number of hydrogen-bond acceptors (Lipinski definition) is 3. The van der Waals surface area contributed by atoms with Gasteiger partial charge in [-0.05, 0) is 126 Å². The Kier molecular flexibility index (Phi) is 8.82. The maximum atomic E-state index is 9.93. The summed E-state index contributed by atoms with van der Waals surface area (Å²) >= 11 is 0. The monoisotopic (exact) mass is 992 g/mol. The van der Waals surface area contributed by atoms with Crippen LogP contribution in [-0.2, 0) is 29.3 Å². The molecule has 0 saturated heterocycles. The van der Waals surface area contributed by atoms with E-state index < -0.39 is 43.7 Å². The molecule has 12 rings (SSSR count). The summed E-state index contributed by atoms with van der Waals surface area (Å²) in [7, 11) is 0. The molecule has 0 spiro atoms. The first kappa shape index (κ1) is 36.9. The predicted molar refractivity (Wildman–Crippen MR) is 319 cm³/mol. The first-order chi connectivity index (χ1) is 40.4. The number of benzene rings is 8. The van der Waals surface area contributed by atoms with Gasteiger partial charge in [-0.1, -0.05) is 191 Å². The van der Waals surface area contributed by atoms with E-state index in [4.69, 9.17) is 22.1 Å². The standard InChI is InChI=1S/C70H68N4O/c1-44(2)36-45-30-33-62-67-65(45)59-26-15-14-23-55(59)54-22-12-13-24-56(54)60-28-19-27-53(46-37-48(69(6,7)8)39-49(38-46)70(9,10)11)66(60)73(67)43-72(62)50-20-18-21-51(41-50)75-52-31-32-58-57-25-16-17-29-61(57)74(63(58)42-52)64-40-47(34-35-71-64)68(3,4)5/h12-35,37-42,44H,36,43H2,1-11H3/i6D3,7D3,8D3,36D2. The Bertz CT molecular complexity index is 4570. The highest BCUT2D eigenvalue weighted by molar-refractivity contribution is 6.23.